The van der Waals surface area contributed by atoms with Crippen LogP contribution < -0.4 is 21.3 Å². The second kappa shape index (κ2) is 16.0. The van der Waals surface area contributed by atoms with Gasteiger partial charge in [-0.15, -0.1) is 0 Å². The summed E-state index contributed by atoms with van der Waals surface area (Å²) in [7, 11) is 0. The van der Waals surface area contributed by atoms with Crippen LogP contribution in [0.25, 0.3) is 0 Å². The van der Waals surface area contributed by atoms with Gasteiger partial charge in [0.05, 0.1) is 12.6 Å². The Morgan fingerprint density at radius 1 is 0.850 bits per heavy atom. The summed E-state index contributed by atoms with van der Waals surface area (Å²) in [4.78, 5) is 51.2. The van der Waals surface area contributed by atoms with Gasteiger partial charge < -0.3 is 35.5 Å². The molecule has 1 fully saturated rings. The minimum absolute atomic E-state index is 0.00416. The van der Waals surface area contributed by atoms with Crippen molar-refractivity contribution in [3.63, 3.8) is 0 Å². The van der Waals surface area contributed by atoms with E-state index < -0.39 is 41.4 Å². The molecule has 0 spiro atoms. The summed E-state index contributed by atoms with van der Waals surface area (Å²) in [6.07, 6.45) is 1.60. The Bertz CT molecular complexity index is 831. The van der Waals surface area contributed by atoms with Crippen molar-refractivity contribution >= 4 is 24.0 Å². The fraction of sp³-hybridized carbons (Fsp3) is 0.862. The zero-order valence-corrected chi connectivity index (χ0v) is 26.3. The molecule has 1 aliphatic rings. The first-order valence-electron chi connectivity index (χ1n) is 14.6. The van der Waals surface area contributed by atoms with Crippen LogP contribution in [-0.4, -0.2) is 72.6 Å². The molecule has 0 aromatic rings. The number of carbonyl (C=O) groups is 4. The molecule has 3 unspecified atom stereocenters. The maximum atomic E-state index is 13.4. The minimum Gasteiger partial charge on any atom is -0.444 e. The quantitative estimate of drug-likeness (QED) is 0.172. The molecule has 0 saturated carbocycles. The van der Waals surface area contributed by atoms with Crippen molar-refractivity contribution in [3.05, 3.63) is 0 Å². The molecule has 11 nitrogen and oxygen atoms in total. The number of amides is 4. The molecule has 0 aromatic carbocycles. The van der Waals surface area contributed by atoms with Crippen LogP contribution in [0.5, 0.6) is 0 Å². The van der Waals surface area contributed by atoms with Gasteiger partial charge >= 0.3 is 12.2 Å². The molecular weight excluding hydrogens is 516 g/mol. The SMILES string of the molecule is CCC(C)[C@H](NC(=O)C(CCCCNC(=O)OC(C)(C)C)NC(=O)OC(C)(C)C)C(=O)NC(CC(C)C)[C@@H]1CO1. The lowest BCUT2D eigenvalue weighted by Crippen LogP contribution is -2.57. The highest BCUT2D eigenvalue weighted by Gasteiger charge is 2.37. The van der Waals surface area contributed by atoms with Crippen molar-refractivity contribution in [1.29, 1.82) is 0 Å². The van der Waals surface area contributed by atoms with E-state index in [9.17, 15) is 19.2 Å². The maximum absolute atomic E-state index is 13.4. The average Bonchev–Trinajstić information content (AvgIpc) is 3.63. The Kier molecular flexibility index (Phi) is 14.2. The molecule has 232 valence electrons. The smallest absolute Gasteiger partial charge is 0.408 e. The summed E-state index contributed by atoms with van der Waals surface area (Å²) in [5.74, 6) is -0.488. The average molecular weight is 571 g/mol. The number of epoxide rings is 1. The van der Waals surface area contributed by atoms with Gasteiger partial charge in [0, 0.05) is 6.54 Å². The van der Waals surface area contributed by atoms with E-state index >= 15 is 0 Å². The van der Waals surface area contributed by atoms with Crippen LogP contribution in [0.1, 0.15) is 101 Å². The summed E-state index contributed by atoms with van der Waals surface area (Å²) in [6.45, 7) is 19.6. The standard InChI is InChI=1S/C29H54N4O7/c1-11-19(4)23(25(35)31-21(16-18(2)3)22-17-38-22)33-24(34)20(32-27(37)40-29(8,9)10)14-12-13-15-30-26(36)39-28(5,6)7/h18-23H,11-17H2,1-10H3,(H,30,36)(H,31,35)(H,32,37)(H,33,34)/t19?,20?,21?,22-,23-/m0/s1. The zero-order chi connectivity index (χ0) is 30.7. The number of hydrogen-bond acceptors (Lipinski definition) is 7. The molecule has 0 aromatic heterocycles. The predicted octanol–water partition coefficient (Wildman–Crippen LogP) is 4.04. The first-order chi connectivity index (χ1) is 18.4. The Hall–Kier alpha value is -2.56. The fourth-order valence-electron chi connectivity index (χ4n) is 4.02. The molecule has 1 saturated heterocycles. The maximum Gasteiger partial charge on any atom is 0.408 e. The minimum atomic E-state index is -0.922. The van der Waals surface area contributed by atoms with Gasteiger partial charge in [0.2, 0.25) is 11.8 Å². The van der Waals surface area contributed by atoms with Crippen molar-refractivity contribution in [2.75, 3.05) is 13.2 Å². The van der Waals surface area contributed by atoms with Crippen LogP contribution in [0.15, 0.2) is 0 Å². The Morgan fingerprint density at radius 2 is 1.43 bits per heavy atom. The van der Waals surface area contributed by atoms with Gasteiger partial charge in [-0.25, -0.2) is 9.59 Å². The summed E-state index contributed by atoms with van der Waals surface area (Å²) in [5.41, 5.74) is -1.33. The van der Waals surface area contributed by atoms with E-state index in [1.54, 1.807) is 41.5 Å². The van der Waals surface area contributed by atoms with Gasteiger partial charge in [-0.2, -0.15) is 0 Å². The van der Waals surface area contributed by atoms with E-state index in [2.05, 4.69) is 35.1 Å². The van der Waals surface area contributed by atoms with E-state index in [1.165, 1.54) is 0 Å². The third kappa shape index (κ3) is 15.3. The third-order valence-electron chi connectivity index (χ3n) is 6.25. The second-order valence-corrected chi connectivity index (χ2v) is 13.1. The third-order valence-corrected chi connectivity index (χ3v) is 6.25. The van der Waals surface area contributed by atoms with E-state index in [4.69, 9.17) is 14.2 Å². The number of alkyl carbamates (subject to hydrolysis) is 2. The van der Waals surface area contributed by atoms with Crippen molar-refractivity contribution in [2.45, 2.75) is 137 Å². The number of carbonyl (C=O) groups excluding carboxylic acids is 4. The monoisotopic (exact) mass is 570 g/mol. The molecule has 1 heterocycles. The number of nitrogens with one attached hydrogen (secondary N) is 4. The lowest BCUT2D eigenvalue weighted by Gasteiger charge is -2.29. The summed E-state index contributed by atoms with van der Waals surface area (Å²) >= 11 is 0. The van der Waals surface area contributed by atoms with Crippen molar-refractivity contribution in [1.82, 2.24) is 21.3 Å². The van der Waals surface area contributed by atoms with Crippen LogP contribution in [0, 0.1) is 11.8 Å². The first kappa shape index (κ1) is 35.5. The lowest BCUT2D eigenvalue weighted by atomic mass is 9.95. The molecule has 1 aliphatic heterocycles. The van der Waals surface area contributed by atoms with Crippen LogP contribution in [0.2, 0.25) is 0 Å². The first-order valence-corrected chi connectivity index (χ1v) is 14.6. The molecular formula is C29H54N4O7. The van der Waals surface area contributed by atoms with Crippen molar-refractivity contribution in [2.24, 2.45) is 11.8 Å². The fourth-order valence-corrected chi connectivity index (χ4v) is 4.02. The molecule has 1 rings (SSSR count). The van der Waals surface area contributed by atoms with Crippen LogP contribution >= 0.6 is 0 Å². The van der Waals surface area contributed by atoms with Crippen LogP contribution in [-0.2, 0) is 23.8 Å². The molecule has 5 atom stereocenters. The number of unbranched alkanes of at least 4 members (excludes halogenated alkanes) is 1. The van der Waals surface area contributed by atoms with E-state index in [0.717, 1.165) is 6.42 Å². The molecule has 40 heavy (non-hydrogen) atoms. The predicted molar refractivity (Wildman–Crippen MR) is 154 cm³/mol. The molecule has 0 bridgehead atoms. The van der Waals surface area contributed by atoms with E-state index in [-0.39, 0.29) is 24.0 Å². The topological polar surface area (TPSA) is 147 Å². The summed E-state index contributed by atoms with van der Waals surface area (Å²) in [5, 5.41) is 11.3. The largest absolute Gasteiger partial charge is 0.444 e. The Balaban J connectivity index is 2.88. The number of rotatable bonds is 15. The van der Waals surface area contributed by atoms with Gasteiger partial charge in [-0.05, 0) is 79.1 Å². The van der Waals surface area contributed by atoms with Crippen molar-refractivity contribution in [3.8, 4) is 0 Å². The van der Waals surface area contributed by atoms with Gasteiger partial charge in [0.15, 0.2) is 0 Å². The lowest BCUT2D eigenvalue weighted by molar-refractivity contribution is -0.131. The highest BCUT2D eigenvalue weighted by Crippen LogP contribution is 2.21. The summed E-state index contributed by atoms with van der Waals surface area (Å²) < 4.78 is 16.1. The highest BCUT2D eigenvalue weighted by atomic mass is 16.6. The molecule has 0 aliphatic carbocycles. The summed E-state index contributed by atoms with van der Waals surface area (Å²) in [6, 6.07) is -1.82. The van der Waals surface area contributed by atoms with Crippen LogP contribution in [0.4, 0.5) is 9.59 Å². The molecule has 11 heteroatoms. The highest BCUT2D eigenvalue weighted by molar-refractivity contribution is 5.91. The Labute approximate surface area is 240 Å². The molecule has 4 N–H and O–H groups in total. The van der Waals surface area contributed by atoms with Gasteiger partial charge in [-0.1, -0.05) is 34.1 Å². The van der Waals surface area contributed by atoms with Gasteiger partial charge in [0.1, 0.15) is 29.4 Å². The zero-order valence-electron chi connectivity index (χ0n) is 26.3. The van der Waals surface area contributed by atoms with E-state index in [0.29, 0.717) is 44.8 Å². The van der Waals surface area contributed by atoms with Crippen molar-refractivity contribution < 1.29 is 33.4 Å². The molecule has 4 amide bonds. The van der Waals surface area contributed by atoms with Gasteiger partial charge in [-0.3, -0.25) is 9.59 Å². The number of hydrogen-bond donors (Lipinski definition) is 4. The number of ether oxygens (including phenoxy) is 3. The van der Waals surface area contributed by atoms with Crippen LogP contribution in [0.3, 0.4) is 0 Å². The second-order valence-electron chi connectivity index (χ2n) is 13.1. The normalized spacial score (nSPS) is 18.1. The van der Waals surface area contributed by atoms with E-state index in [1.807, 2.05) is 13.8 Å². The van der Waals surface area contributed by atoms with Gasteiger partial charge in [0.25, 0.3) is 0 Å². The molecule has 0 radical (unpaired) electrons. The Morgan fingerprint density at radius 3 is 1.93 bits per heavy atom.